The Balaban J connectivity index is 1.85. The summed E-state index contributed by atoms with van der Waals surface area (Å²) in [6, 6.07) is 2.32. The standard InChI is InChI=1S/C25H32N4O2S2/c1-4-11-28-22(27-12-9-16(2)10-13-27)19(17(3)20(15-26)23(28)30)14-21-24(31)29(25(32)33-21)18-7-5-6-8-18/h14,16,18H,4-13H2,1-3H3/b21-14-. The first-order valence-corrected chi connectivity index (χ1v) is 13.3. The molecular formula is C25H32N4O2S2. The van der Waals surface area contributed by atoms with Crippen molar-refractivity contribution < 1.29 is 4.79 Å². The maximum atomic E-state index is 13.4. The van der Waals surface area contributed by atoms with Gasteiger partial charge in [0, 0.05) is 31.2 Å². The van der Waals surface area contributed by atoms with Gasteiger partial charge in [-0.25, -0.2) is 0 Å². The fourth-order valence-corrected chi connectivity index (χ4v) is 6.61. The van der Waals surface area contributed by atoms with Crippen LogP contribution in [0, 0.1) is 24.2 Å². The van der Waals surface area contributed by atoms with Crippen LogP contribution in [0.3, 0.4) is 0 Å². The lowest BCUT2D eigenvalue weighted by Crippen LogP contribution is -2.39. The average molecular weight is 485 g/mol. The molecule has 0 aromatic carbocycles. The Kier molecular flexibility index (Phi) is 7.30. The number of pyridine rings is 1. The summed E-state index contributed by atoms with van der Waals surface area (Å²) in [6.45, 7) is 8.39. The predicted molar refractivity (Wildman–Crippen MR) is 138 cm³/mol. The molecule has 3 aliphatic rings. The minimum absolute atomic E-state index is 0.0405. The number of hydrogen-bond acceptors (Lipinski definition) is 6. The van der Waals surface area contributed by atoms with E-state index in [1.807, 2.05) is 19.9 Å². The normalized spacial score (nSPS) is 21.5. The molecule has 176 valence electrons. The van der Waals surface area contributed by atoms with Crippen molar-refractivity contribution in [1.29, 1.82) is 5.26 Å². The summed E-state index contributed by atoms with van der Waals surface area (Å²) < 4.78 is 2.37. The molecule has 0 N–H and O–H groups in total. The lowest BCUT2D eigenvalue weighted by atomic mass is 9.97. The fraction of sp³-hybridized carbons (Fsp3) is 0.600. The van der Waals surface area contributed by atoms with E-state index < -0.39 is 0 Å². The van der Waals surface area contributed by atoms with Crippen molar-refractivity contribution in [3.63, 3.8) is 0 Å². The van der Waals surface area contributed by atoms with Crippen LogP contribution in [-0.2, 0) is 11.3 Å². The second-order valence-corrected chi connectivity index (χ2v) is 11.1. The number of carbonyl (C=O) groups excluding carboxylic acids is 1. The minimum atomic E-state index is -0.235. The second kappa shape index (κ2) is 10.0. The third kappa shape index (κ3) is 4.50. The van der Waals surface area contributed by atoms with Gasteiger partial charge in [-0.2, -0.15) is 5.26 Å². The third-order valence-electron chi connectivity index (χ3n) is 7.17. The van der Waals surface area contributed by atoms with Crippen LogP contribution in [0.15, 0.2) is 9.70 Å². The molecule has 33 heavy (non-hydrogen) atoms. The minimum Gasteiger partial charge on any atom is -0.357 e. The van der Waals surface area contributed by atoms with E-state index in [1.165, 1.54) is 11.8 Å². The van der Waals surface area contributed by atoms with Crippen molar-refractivity contribution in [3.8, 4) is 6.07 Å². The molecule has 1 aromatic rings. The molecule has 1 aliphatic carbocycles. The molecule has 2 aliphatic heterocycles. The average Bonchev–Trinajstić information content (AvgIpc) is 3.40. The number of anilines is 1. The van der Waals surface area contributed by atoms with Gasteiger partial charge in [0.25, 0.3) is 11.5 Å². The number of hydrogen-bond donors (Lipinski definition) is 0. The molecule has 1 aromatic heterocycles. The van der Waals surface area contributed by atoms with Gasteiger partial charge in [0.15, 0.2) is 0 Å². The Bertz CT molecular complexity index is 1090. The fourth-order valence-electron chi connectivity index (χ4n) is 5.22. The molecule has 3 heterocycles. The summed E-state index contributed by atoms with van der Waals surface area (Å²) in [7, 11) is 0. The summed E-state index contributed by atoms with van der Waals surface area (Å²) >= 11 is 6.94. The Labute approximate surface area is 205 Å². The van der Waals surface area contributed by atoms with Gasteiger partial charge in [0.1, 0.15) is 21.8 Å². The molecule has 1 amide bonds. The molecular weight excluding hydrogens is 452 g/mol. The number of rotatable bonds is 5. The van der Waals surface area contributed by atoms with Crippen LogP contribution in [0.2, 0.25) is 0 Å². The molecule has 4 rings (SSSR count). The number of piperidine rings is 1. The van der Waals surface area contributed by atoms with Crippen LogP contribution >= 0.6 is 24.0 Å². The van der Waals surface area contributed by atoms with E-state index in [9.17, 15) is 14.9 Å². The number of nitrogens with zero attached hydrogens (tertiary/aromatic N) is 4. The number of aromatic nitrogens is 1. The summed E-state index contributed by atoms with van der Waals surface area (Å²) in [5, 5.41) is 9.79. The highest BCUT2D eigenvalue weighted by molar-refractivity contribution is 8.26. The largest absolute Gasteiger partial charge is 0.357 e. The van der Waals surface area contributed by atoms with Gasteiger partial charge < -0.3 is 4.90 Å². The SMILES string of the molecule is CCCn1c(N2CCC(C)CC2)c(/C=C2\SC(=S)N(C3CCCC3)C2=O)c(C)c(C#N)c1=O. The number of thiocarbonyl (C=S) groups is 1. The topological polar surface area (TPSA) is 69.3 Å². The third-order valence-corrected chi connectivity index (χ3v) is 8.50. The maximum Gasteiger partial charge on any atom is 0.270 e. The van der Waals surface area contributed by atoms with E-state index in [2.05, 4.69) is 17.9 Å². The Morgan fingerprint density at radius 3 is 2.45 bits per heavy atom. The van der Waals surface area contributed by atoms with Gasteiger partial charge >= 0.3 is 0 Å². The van der Waals surface area contributed by atoms with Crippen LogP contribution in [0.5, 0.6) is 0 Å². The van der Waals surface area contributed by atoms with Crippen LogP contribution in [-0.4, -0.2) is 38.8 Å². The zero-order valence-corrected chi connectivity index (χ0v) is 21.4. The number of thioether (sulfide) groups is 1. The Morgan fingerprint density at radius 1 is 1.18 bits per heavy atom. The van der Waals surface area contributed by atoms with Crippen molar-refractivity contribution in [1.82, 2.24) is 9.47 Å². The molecule has 1 saturated carbocycles. The van der Waals surface area contributed by atoms with E-state index in [4.69, 9.17) is 12.2 Å². The first kappa shape index (κ1) is 24.0. The Hall–Kier alpha value is -2.11. The Morgan fingerprint density at radius 2 is 1.85 bits per heavy atom. The first-order valence-electron chi connectivity index (χ1n) is 12.1. The van der Waals surface area contributed by atoms with E-state index in [0.29, 0.717) is 27.3 Å². The van der Waals surface area contributed by atoms with Gasteiger partial charge in [0.05, 0.1) is 4.91 Å². The van der Waals surface area contributed by atoms with Gasteiger partial charge in [0.2, 0.25) is 0 Å². The second-order valence-electron chi connectivity index (χ2n) is 9.47. The lowest BCUT2D eigenvalue weighted by Gasteiger charge is -2.35. The van der Waals surface area contributed by atoms with Crippen molar-refractivity contribution >= 4 is 46.1 Å². The van der Waals surface area contributed by atoms with Crippen LogP contribution < -0.4 is 10.5 Å². The molecule has 0 atom stereocenters. The van der Waals surface area contributed by atoms with Gasteiger partial charge in [-0.15, -0.1) is 0 Å². The quantitative estimate of drug-likeness (QED) is 0.441. The number of amides is 1. The predicted octanol–water partition coefficient (Wildman–Crippen LogP) is 4.82. The molecule has 6 nitrogen and oxygen atoms in total. The number of nitriles is 1. The van der Waals surface area contributed by atoms with Crippen LogP contribution in [0.4, 0.5) is 5.82 Å². The highest BCUT2D eigenvalue weighted by atomic mass is 32.2. The number of carbonyl (C=O) groups is 1. The van der Waals surface area contributed by atoms with Crippen molar-refractivity contribution in [2.24, 2.45) is 5.92 Å². The monoisotopic (exact) mass is 484 g/mol. The van der Waals surface area contributed by atoms with Crippen molar-refractivity contribution in [3.05, 3.63) is 31.9 Å². The van der Waals surface area contributed by atoms with Gasteiger partial charge in [-0.1, -0.05) is 50.7 Å². The zero-order chi connectivity index (χ0) is 23.7. The summed E-state index contributed by atoms with van der Waals surface area (Å²) in [5.41, 5.74) is 1.38. The van der Waals surface area contributed by atoms with E-state index in [1.54, 1.807) is 9.47 Å². The van der Waals surface area contributed by atoms with E-state index in [-0.39, 0.29) is 23.1 Å². The summed E-state index contributed by atoms with van der Waals surface area (Å²) in [4.78, 5) is 31.3. The van der Waals surface area contributed by atoms with Crippen LogP contribution in [0.25, 0.3) is 6.08 Å². The highest BCUT2D eigenvalue weighted by Crippen LogP contribution is 2.40. The van der Waals surface area contributed by atoms with E-state index in [0.717, 1.165) is 69.4 Å². The molecule has 0 bridgehead atoms. The van der Waals surface area contributed by atoms with Gasteiger partial charge in [-0.3, -0.25) is 19.1 Å². The van der Waals surface area contributed by atoms with Gasteiger partial charge in [-0.05, 0) is 56.6 Å². The maximum absolute atomic E-state index is 13.4. The molecule has 3 fully saturated rings. The van der Waals surface area contributed by atoms with Crippen molar-refractivity contribution in [2.75, 3.05) is 18.0 Å². The lowest BCUT2D eigenvalue weighted by molar-refractivity contribution is -0.123. The molecule has 0 unspecified atom stereocenters. The molecule has 2 saturated heterocycles. The molecule has 8 heteroatoms. The first-order chi connectivity index (χ1) is 15.9. The zero-order valence-electron chi connectivity index (χ0n) is 19.7. The molecule has 0 radical (unpaired) electrons. The van der Waals surface area contributed by atoms with E-state index >= 15 is 0 Å². The smallest absolute Gasteiger partial charge is 0.270 e. The van der Waals surface area contributed by atoms with Crippen molar-refractivity contribution in [2.45, 2.75) is 78.3 Å². The van der Waals surface area contributed by atoms with Crippen LogP contribution in [0.1, 0.15) is 75.5 Å². The highest BCUT2D eigenvalue weighted by Gasteiger charge is 2.38. The molecule has 0 spiro atoms. The summed E-state index contributed by atoms with van der Waals surface area (Å²) in [6.07, 6.45) is 9.05. The summed E-state index contributed by atoms with van der Waals surface area (Å²) in [5.74, 6) is 1.45.